The minimum absolute atomic E-state index is 0.0125. The van der Waals surface area contributed by atoms with Gasteiger partial charge in [-0.25, -0.2) is 4.98 Å². The van der Waals surface area contributed by atoms with Gasteiger partial charge in [0.15, 0.2) is 0 Å². The SMILES string of the molecule is CC(C)N(CCC(=O)O)C(=O)CCc1nccs1. The third-order valence-electron chi connectivity index (χ3n) is 2.55. The molecule has 0 aliphatic carbocycles. The third-order valence-corrected chi connectivity index (χ3v) is 3.39. The van der Waals surface area contributed by atoms with Crippen LogP contribution in [0.25, 0.3) is 0 Å². The van der Waals surface area contributed by atoms with E-state index in [1.165, 1.54) is 11.3 Å². The maximum absolute atomic E-state index is 12.0. The van der Waals surface area contributed by atoms with E-state index >= 15 is 0 Å². The van der Waals surface area contributed by atoms with Crippen molar-refractivity contribution in [3.63, 3.8) is 0 Å². The highest BCUT2D eigenvalue weighted by molar-refractivity contribution is 7.09. The Hall–Kier alpha value is -1.43. The van der Waals surface area contributed by atoms with Crippen molar-refractivity contribution in [1.82, 2.24) is 9.88 Å². The number of carbonyl (C=O) groups excluding carboxylic acids is 1. The molecule has 18 heavy (non-hydrogen) atoms. The predicted molar refractivity (Wildman–Crippen MR) is 69.5 cm³/mol. The number of aryl methyl sites for hydroxylation is 1. The van der Waals surface area contributed by atoms with Crippen LogP contribution in [0.3, 0.4) is 0 Å². The molecule has 0 spiro atoms. The van der Waals surface area contributed by atoms with Crippen LogP contribution in [-0.4, -0.2) is 39.5 Å². The molecule has 0 saturated carbocycles. The van der Waals surface area contributed by atoms with Crippen LogP contribution >= 0.6 is 11.3 Å². The second kappa shape index (κ2) is 7.10. The van der Waals surface area contributed by atoms with Gasteiger partial charge in [-0.1, -0.05) is 0 Å². The van der Waals surface area contributed by atoms with Crippen LogP contribution in [0.1, 0.15) is 31.7 Å². The molecule has 1 amide bonds. The Morgan fingerprint density at radius 1 is 1.44 bits per heavy atom. The highest BCUT2D eigenvalue weighted by Gasteiger charge is 2.17. The van der Waals surface area contributed by atoms with Gasteiger partial charge in [-0.05, 0) is 13.8 Å². The highest BCUT2D eigenvalue weighted by Crippen LogP contribution is 2.10. The molecule has 1 aromatic heterocycles. The number of carboxylic acids is 1. The van der Waals surface area contributed by atoms with E-state index in [9.17, 15) is 9.59 Å². The smallest absolute Gasteiger partial charge is 0.305 e. The molecule has 0 bridgehead atoms. The van der Waals surface area contributed by atoms with Gasteiger partial charge in [0, 0.05) is 37.0 Å². The number of hydrogen-bond acceptors (Lipinski definition) is 4. The number of aliphatic carboxylic acids is 1. The largest absolute Gasteiger partial charge is 0.481 e. The van der Waals surface area contributed by atoms with Crippen molar-refractivity contribution < 1.29 is 14.7 Å². The lowest BCUT2D eigenvalue weighted by molar-refractivity contribution is -0.139. The maximum Gasteiger partial charge on any atom is 0.305 e. The summed E-state index contributed by atoms with van der Waals surface area (Å²) in [6.45, 7) is 4.05. The average molecular weight is 270 g/mol. The van der Waals surface area contributed by atoms with Gasteiger partial charge in [-0.15, -0.1) is 11.3 Å². The molecule has 0 atom stereocenters. The zero-order chi connectivity index (χ0) is 13.5. The monoisotopic (exact) mass is 270 g/mol. The van der Waals surface area contributed by atoms with E-state index < -0.39 is 5.97 Å². The normalized spacial score (nSPS) is 10.6. The number of thiazole rings is 1. The Bertz CT molecular complexity index is 390. The lowest BCUT2D eigenvalue weighted by Crippen LogP contribution is -2.38. The summed E-state index contributed by atoms with van der Waals surface area (Å²) < 4.78 is 0. The fourth-order valence-electron chi connectivity index (χ4n) is 1.62. The van der Waals surface area contributed by atoms with Crippen LogP contribution in [0, 0.1) is 0 Å². The fourth-order valence-corrected chi connectivity index (χ4v) is 2.24. The first kappa shape index (κ1) is 14.6. The molecule has 1 heterocycles. The molecule has 100 valence electrons. The van der Waals surface area contributed by atoms with Crippen LogP contribution in [0.4, 0.5) is 0 Å². The van der Waals surface area contributed by atoms with Crippen LogP contribution in [-0.2, 0) is 16.0 Å². The molecule has 1 rings (SSSR count). The van der Waals surface area contributed by atoms with E-state index in [0.29, 0.717) is 12.8 Å². The van der Waals surface area contributed by atoms with Gasteiger partial charge >= 0.3 is 5.97 Å². The van der Waals surface area contributed by atoms with E-state index in [2.05, 4.69) is 4.98 Å². The van der Waals surface area contributed by atoms with Gasteiger partial charge in [0.1, 0.15) is 0 Å². The summed E-state index contributed by atoms with van der Waals surface area (Å²) in [5.41, 5.74) is 0. The molecule has 0 fully saturated rings. The van der Waals surface area contributed by atoms with Crippen LogP contribution in [0.5, 0.6) is 0 Å². The molecule has 0 aliphatic heterocycles. The first-order valence-corrected chi connectivity index (χ1v) is 6.78. The molecule has 0 unspecified atom stereocenters. The maximum atomic E-state index is 12.0. The van der Waals surface area contributed by atoms with Crippen molar-refractivity contribution in [1.29, 1.82) is 0 Å². The molecular weight excluding hydrogens is 252 g/mol. The van der Waals surface area contributed by atoms with Gasteiger partial charge in [0.2, 0.25) is 5.91 Å². The predicted octanol–water partition coefficient (Wildman–Crippen LogP) is 1.79. The van der Waals surface area contributed by atoms with Gasteiger partial charge in [0.25, 0.3) is 0 Å². The summed E-state index contributed by atoms with van der Waals surface area (Å²) >= 11 is 1.53. The summed E-state index contributed by atoms with van der Waals surface area (Å²) in [5.74, 6) is -0.894. The van der Waals surface area contributed by atoms with Crippen molar-refractivity contribution in [2.75, 3.05) is 6.54 Å². The molecule has 0 saturated heterocycles. The number of carbonyl (C=O) groups is 2. The Morgan fingerprint density at radius 3 is 2.67 bits per heavy atom. The third kappa shape index (κ3) is 4.83. The number of hydrogen-bond donors (Lipinski definition) is 1. The van der Waals surface area contributed by atoms with E-state index in [1.54, 1.807) is 11.1 Å². The topological polar surface area (TPSA) is 70.5 Å². The second-order valence-electron chi connectivity index (χ2n) is 4.25. The average Bonchev–Trinajstić information content (AvgIpc) is 2.78. The van der Waals surface area contributed by atoms with Gasteiger partial charge < -0.3 is 10.0 Å². The minimum atomic E-state index is -0.881. The summed E-state index contributed by atoms with van der Waals surface area (Å²) in [6, 6.07) is 0.0214. The zero-order valence-corrected chi connectivity index (χ0v) is 11.4. The van der Waals surface area contributed by atoms with E-state index in [1.807, 2.05) is 19.2 Å². The molecule has 1 N–H and O–H groups in total. The number of carboxylic acid groups (broad SMARTS) is 1. The van der Waals surface area contributed by atoms with Crippen molar-refractivity contribution in [3.8, 4) is 0 Å². The van der Waals surface area contributed by atoms with E-state index in [-0.39, 0.29) is 24.9 Å². The molecule has 0 aliphatic rings. The minimum Gasteiger partial charge on any atom is -0.481 e. The number of nitrogens with zero attached hydrogens (tertiary/aromatic N) is 2. The van der Waals surface area contributed by atoms with Gasteiger partial charge in [0.05, 0.1) is 11.4 Å². The summed E-state index contributed by atoms with van der Waals surface area (Å²) in [4.78, 5) is 28.3. The Labute approximate surface area is 110 Å². The molecule has 0 aromatic carbocycles. The quantitative estimate of drug-likeness (QED) is 0.820. The van der Waals surface area contributed by atoms with Crippen LogP contribution in [0.15, 0.2) is 11.6 Å². The summed E-state index contributed by atoms with van der Waals surface area (Å²) in [5, 5.41) is 11.5. The van der Waals surface area contributed by atoms with Gasteiger partial charge in [-0.2, -0.15) is 0 Å². The summed E-state index contributed by atoms with van der Waals surface area (Å²) in [6.07, 6.45) is 2.70. The standard InChI is InChI=1S/C12H18N2O3S/c1-9(2)14(7-5-12(16)17)11(15)4-3-10-13-6-8-18-10/h6,8-9H,3-5,7H2,1-2H3,(H,16,17). The van der Waals surface area contributed by atoms with Crippen LogP contribution < -0.4 is 0 Å². The second-order valence-corrected chi connectivity index (χ2v) is 5.23. The first-order valence-electron chi connectivity index (χ1n) is 5.90. The van der Waals surface area contributed by atoms with Crippen molar-refractivity contribution in [2.24, 2.45) is 0 Å². The van der Waals surface area contributed by atoms with Gasteiger partial charge in [-0.3, -0.25) is 9.59 Å². The Balaban J connectivity index is 2.46. The molecular formula is C12H18N2O3S. The van der Waals surface area contributed by atoms with E-state index in [4.69, 9.17) is 5.11 Å². The first-order chi connectivity index (χ1) is 8.50. The Morgan fingerprint density at radius 2 is 2.17 bits per heavy atom. The van der Waals surface area contributed by atoms with Crippen molar-refractivity contribution in [3.05, 3.63) is 16.6 Å². The lowest BCUT2D eigenvalue weighted by Gasteiger charge is -2.26. The molecule has 6 heteroatoms. The van der Waals surface area contributed by atoms with E-state index in [0.717, 1.165) is 5.01 Å². The van der Waals surface area contributed by atoms with Crippen LogP contribution in [0.2, 0.25) is 0 Å². The number of aromatic nitrogens is 1. The molecule has 5 nitrogen and oxygen atoms in total. The highest BCUT2D eigenvalue weighted by atomic mass is 32.1. The summed E-state index contributed by atoms with van der Waals surface area (Å²) in [7, 11) is 0. The van der Waals surface area contributed by atoms with Crippen molar-refractivity contribution in [2.45, 2.75) is 39.2 Å². The number of rotatable bonds is 7. The molecule has 0 radical (unpaired) electrons. The fraction of sp³-hybridized carbons (Fsp3) is 0.583. The zero-order valence-electron chi connectivity index (χ0n) is 10.6. The molecule has 1 aromatic rings. The van der Waals surface area contributed by atoms with Crippen molar-refractivity contribution >= 4 is 23.2 Å². The number of amides is 1. The Kier molecular flexibility index (Phi) is 5.77. The lowest BCUT2D eigenvalue weighted by atomic mass is 10.2.